The zero-order valence-corrected chi connectivity index (χ0v) is 14.5. The average molecular weight is 343 g/mol. The summed E-state index contributed by atoms with van der Waals surface area (Å²) < 4.78 is 18.6. The first kappa shape index (κ1) is 17.4. The molecule has 25 heavy (non-hydrogen) atoms. The van der Waals surface area contributed by atoms with Crippen LogP contribution in [0.15, 0.2) is 42.5 Å². The van der Waals surface area contributed by atoms with Gasteiger partial charge in [0.25, 0.3) is 5.91 Å². The van der Waals surface area contributed by atoms with Gasteiger partial charge in [-0.2, -0.15) is 0 Å². The predicted molar refractivity (Wildman–Crippen MR) is 94.2 cm³/mol. The van der Waals surface area contributed by atoms with E-state index in [0.717, 1.165) is 12.1 Å². The van der Waals surface area contributed by atoms with Gasteiger partial charge in [0.15, 0.2) is 11.6 Å². The lowest BCUT2D eigenvalue weighted by Gasteiger charge is -2.15. The number of nitrogens with one attached hydrogen (secondary N) is 2. The van der Waals surface area contributed by atoms with Crippen LogP contribution in [-0.2, 0) is 13.1 Å². The van der Waals surface area contributed by atoms with Crippen LogP contribution in [0.25, 0.3) is 0 Å². The van der Waals surface area contributed by atoms with Crippen LogP contribution in [0.3, 0.4) is 0 Å². The highest BCUT2D eigenvalue weighted by atomic mass is 19.1. The Morgan fingerprint density at radius 3 is 2.56 bits per heavy atom. The van der Waals surface area contributed by atoms with E-state index in [1.807, 2.05) is 18.2 Å². The molecule has 1 aliphatic heterocycles. The molecule has 132 valence electrons. The number of benzene rings is 2. The fraction of sp³-hybridized carbons (Fsp3) is 0.350. The molecule has 0 saturated carbocycles. The van der Waals surface area contributed by atoms with E-state index in [2.05, 4.69) is 11.4 Å². The molecule has 5 heteroatoms. The van der Waals surface area contributed by atoms with E-state index in [1.54, 1.807) is 11.0 Å². The Morgan fingerprint density at radius 1 is 1.16 bits per heavy atom. The van der Waals surface area contributed by atoms with Crippen LogP contribution in [0.2, 0.25) is 0 Å². The van der Waals surface area contributed by atoms with Gasteiger partial charge in [0.05, 0.1) is 20.2 Å². The maximum atomic E-state index is 13.8. The number of amides is 1. The Bertz CT molecular complexity index is 742. The highest BCUT2D eigenvalue weighted by molar-refractivity contribution is 5.94. The highest BCUT2D eigenvalue weighted by Gasteiger charge is 2.17. The number of carbonyl (C=O) groups is 1. The molecule has 1 fully saturated rings. The van der Waals surface area contributed by atoms with Gasteiger partial charge in [-0.25, -0.2) is 4.39 Å². The van der Waals surface area contributed by atoms with Crippen LogP contribution in [0.1, 0.15) is 34.3 Å². The van der Waals surface area contributed by atoms with E-state index < -0.39 is 5.82 Å². The molecule has 1 amide bonds. The molecule has 0 aromatic heterocycles. The summed E-state index contributed by atoms with van der Waals surface area (Å²) in [5, 5.41) is 2.89. The highest BCUT2D eigenvalue weighted by Crippen LogP contribution is 2.17. The zero-order chi connectivity index (χ0) is 17.6. The van der Waals surface area contributed by atoms with Gasteiger partial charge in [0, 0.05) is 30.5 Å². The fourth-order valence-electron chi connectivity index (χ4n) is 3.31. The Labute approximate surface area is 147 Å². The van der Waals surface area contributed by atoms with Crippen LogP contribution < -0.4 is 15.0 Å². The molecule has 0 aliphatic carbocycles. The minimum atomic E-state index is -0.534. The van der Waals surface area contributed by atoms with Crippen molar-refractivity contribution in [1.29, 1.82) is 0 Å². The largest absolute Gasteiger partial charge is 0.494 e. The van der Waals surface area contributed by atoms with Crippen LogP contribution in [-0.4, -0.2) is 26.1 Å². The smallest absolute Gasteiger partial charge is 0.251 e. The maximum Gasteiger partial charge on any atom is 0.251 e. The molecule has 3 rings (SSSR count). The second-order valence-corrected chi connectivity index (χ2v) is 6.43. The van der Waals surface area contributed by atoms with Gasteiger partial charge < -0.3 is 15.0 Å². The van der Waals surface area contributed by atoms with Crippen molar-refractivity contribution in [2.24, 2.45) is 0 Å². The van der Waals surface area contributed by atoms with Crippen LogP contribution in [0.5, 0.6) is 5.75 Å². The fourth-order valence-corrected chi connectivity index (χ4v) is 3.31. The van der Waals surface area contributed by atoms with E-state index in [9.17, 15) is 9.18 Å². The summed E-state index contributed by atoms with van der Waals surface area (Å²) in [6.45, 7) is 3.86. The van der Waals surface area contributed by atoms with Gasteiger partial charge in [-0.15, -0.1) is 0 Å². The summed E-state index contributed by atoms with van der Waals surface area (Å²) >= 11 is 0. The SMILES string of the molecule is COc1ccc(C(=O)NCc2ccccc2C[NH+]2CCCC2)cc1F. The van der Waals surface area contributed by atoms with Gasteiger partial charge in [0.2, 0.25) is 0 Å². The summed E-state index contributed by atoms with van der Waals surface area (Å²) in [6, 6.07) is 12.4. The zero-order valence-electron chi connectivity index (χ0n) is 14.5. The van der Waals surface area contributed by atoms with Crippen molar-refractivity contribution in [3.05, 3.63) is 65.0 Å². The second-order valence-electron chi connectivity index (χ2n) is 6.43. The normalized spacial score (nSPS) is 14.5. The van der Waals surface area contributed by atoms with Gasteiger partial charge in [-0.05, 0) is 23.8 Å². The third-order valence-electron chi connectivity index (χ3n) is 4.72. The monoisotopic (exact) mass is 343 g/mol. The van der Waals surface area contributed by atoms with Gasteiger partial charge in [-0.3, -0.25) is 4.79 Å². The van der Waals surface area contributed by atoms with Crippen molar-refractivity contribution in [3.63, 3.8) is 0 Å². The number of hydrogen-bond donors (Lipinski definition) is 2. The van der Waals surface area contributed by atoms with Gasteiger partial charge >= 0.3 is 0 Å². The molecule has 0 unspecified atom stereocenters. The molecular weight excluding hydrogens is 319 g/mol. The van der Waals surface area contributed by atoms with E-state index in [1.165, 1.54) is 50.7 Å². The molecule has 0 radical (unpaired) electrons. The molecule has 0 spiro atoms. The molecule has 1 saturated heterocycles. The minimum Gasteiger partial charge on any atom is -0.494 e. The quantitative estimate of drug-likeness (QED) is 0.842. The number of likely N-dealkylation sites (tertiary alicyclic amines) is 1. The Morgan fingerprint density at radius 2 is 1.88 bits per heavy atom. The van der Waals surface area contributed by atoms with Crippen molar-refractivity contribution < 1.29 is 18.8 Å². The number of quaternary nitrogens is 1. The number of hydrogen-bond acceptors (Lipinski definition) is 2. The van der Waals surface area contributed by atoms with Crippen molar-refractivity contribution in [2.75, 3.05) is 20.2 Å². The lowest BCUT2D eigenvalue weighted by molar-refractivity contribution is -0.901. The van der Waals surface area contributed by atoms with Gasteiger partial charge in [-0.1, -0.05) is 24.3 Å². The number of ether oxygens (including phenoxy) is 1. The standard InChI is InChI=1S/C20H23FN2O2/c1-25-19-9-8-15(12-18(19)21)20(24)22-13-16-6-2-3-7-17(16)14-23-10-4-5-11-23/h2-3,6-9,12H,4-5,10-11,13-14H2,1H3,(H,22,24)/p+1. The maximum absolute atomic E-state index is 13.8. The van der Waals surface area contributed by atoms with E-state index in [0.29, 0.717) is 12.1 Å². The summed E-state index contributed by atoms with van der Waals surface area (Å²) in [7, 11) is 1.40. The lowest BCUT2D eigenvalue weighted by Crippen LogP contribution is -3.08. The summed E-state index contributed by atoms with van der Waals surface area (Å²) in [6.07, 6.45) is 2.58. The summed E-state index contributed by atoms with van der Waals surface area (Å²) in [4.78, 5) is 13.9. The Kier molecular flexibility index (Phi) is 5.66. The van der Waals surface area contributed by atoms with E-state index in [-0.39, 0.29) is 11.7 Å². The van der Waals surface area contributed by atoms with Crippen molar-refractivity contribution in [2.45, 2.75) is 25.9 Å². The third-order valence-corrected chi connectivity index (χ3v) is 4.72. The molecule has 0 atom stereocenters. The average Bonchev–Trinajstić information content (AvgIpc) is 3.13. The topological polar surface area (TPSA) is 42.8 Å². The summed E-state index contributed by atoms with van der Waals surface area (Å²) in [5.41, 5.74) is 2.67. The lowest BCUT2D eigenvalue weighted by atomic mass is 10.1. The second kappa shape index (κ2) is 8.12. The van der Waals surface area contributed by atoms with E-state index >= 15 is 0 Å². The molecule has 2 aromatic carbocycles. The Balaban J connectivity index is 1.64. The van der Waals surface area contributed by atoms with Crippen molar-refractivity contribution in [3.8, 4) is 5.75 Å². The molecular formula is C20H24FN2O2+. The van der Waals surface area contributed by atoms with Gasteiger partial charge in [0.1, 0.15) is 6.54 Å². The first-order chi connectivity index (χ1) is 12.2. The number of carbonyl (C=O) groups excluding carboxylic acids is 1. The molecule has 2 N–H and O–H groups in total. The molecule has 4 nitrogen and oxygen atoms in total. The molecule has 1 aliphatic rings. The third kappa shape index (κ3) is 4.37. The van der Waals surface area contributed by atoms with Crippen LogP contribution in [0.4, 0.5) is 4.39 Å². The summed E-state index contributed by atoms with van der Waals surface area (Å²) in [5.74, 6) is -0.687. The van der Waals surface area contributed by atoms with Crippen molar-refractivity contribution >= 4 is 5.91 Å². The van der Waals surface area contributed by atoms with Crippen LogP contribution >= 0.6 is 0 Å². The first-order valence-electron chi connectivity index (χ1n) is 8.69. The van der Waals surface area contributed by atoms with Crippen LogP contribution in [0, 0.1) is 5.82 Å². The number of halogens is 1. The number of rotatable bonds is 6. The molecule has 0 bridgehead atoms. The molecule has 1 heterocycles. The van der Waals surface area contributed by atoms with E-state index in [4.69, 9.17) is 4.74 Å². The minimum absolute atomic E-state index is 0.135. The first-order valence-corrected chi connectivity index (χ1v) is 8.69. The Hall–Kier alpha value is -2.40. The predicted octanol–water partition coefficient (Wildman–Crippen LogP) is 1.94. The number of methoxy groups -OCH3 is 1. The van der Waals surface area contributed by atoms with Crippen molar-refractivity contribution in [1.82, 2.24) is 5.32 Å². The molecule has 2 aromatic rings.